The molecule has 0 bridgehead atoms. The van der Waals surface area contributed by atoms with E-state index >= 15 is 0 Å². The van der Waals surface area contributed by atoms with Crippen molar-refractivity contribution in [3.05, 3.63) is 40.7 Å². The maximum atomic E-state index is 10.7. The first kappa shape index (κ1) is 11.0. The van der Waals surface area contributed by atoms with E-state index in [0.717, 1.165) is 0 Å². The van der Waals surface area contributed by atoms with Gasteiger partial charge in [0.05, 0.1) is 11.5 Å². The van der Waals surface area contributed by atoms with Gasteiger partial charge in [-0.15, -0.1) is 0 Å². The van der Waals surface area contributed by atoms with Crippen LogP contribution < -0.4 is 5.32 Å². The lowest BCUT2D eigenvalue weighted by Gasteiger charge is -2.03. The minimum atomic E-state index is -0.485. The Labute approximate surface area is 96.5 Å². The molecule has 8 heteroatoms. The van der Waals surface area contributed by atoms with E-state index in [1.54, 1.807) is 24.1 Å². The van der Waals surface area contributed by atoms with E-state index in [1.165, 1.54) is 12.4 Å². The Morgan fingerprint density at radius 1 is 1.59 bits per heavy atom. The number of pyridine rings is 1. The first-order chi connectivity index (χ1) is 8.16. The first-order valence-corrected chi connectivity index (χ1v) is 4.83. The zero-order valence-corrected chi connectivity index (χ0v) is 9.07. The highest BCUT2D eigenvalue weighted by Gasteiger charge is 2.13. The summed E-state index contributed by atoms with van der Waals surface area (Å²) in [5.74, 6) is 0.568. The van der Waals surface area contributed by atoms with E-state index in [2.05, 4.69) is 20.4 Å². The monoisotopic (exact) mass is 234 g/mol. The molecule has 2 heterocycles. The van der Waals surface area contributed by atoms with Gasteiger partial charge in [0.1, 0.15) is 18.2 Å². The smallest absolute Gasteiger partial charge is 0.310 e. The zero-order valence-electron chi connectivity index (χ0n) is 9.07. The van der Waals surface area contributed by atoms with Gasteiger partial charge in [0.2, 0.25) is 0 Å². The minimum Gasteiger partial charge on any atom is -0.372 e. The van der Waals surface area contributed by atoms with Crippen LogP contribution in [-0.2, 0) is 13.6 Å². The van der Waals surface area contributed by atoms with Crippen molar-refractivity contribution in [2.45, 2.75) is 6.54 Å². The number of hydrogen-bond acceptors (Lipinski definition) is 6. The summed E-state index contributed by atoms with van der Waals surface area (Å²) in [5, 5.41) is 17.7. The van der Waals surface area contributed by atoms with Gasteiger partial charge >= 0.3 is 5.69 Å². The Hall–Kier alpha value is -2.51. The highest BCUT2D eigenvalue weighted by Crippen LogP contribution is 2.21. The molecule has 0 unspecified atom stereocenters. The van der Waals surface area contributed by atoms with Crippen molar-refractivity contribution in [2.75, 3.05) is 5.32 Å². The maximum Gasteiger partial charge on any atom is 0.310 e. The normalized spacial score (nSPS) is 10.2. The second-order valence-corrected chi connectivity index (χ2v) is 3.34. The molecule has 0 atom stereocenters. The second kappa shape index (κ2) is 4.56. The van der Waals surface area contributed by atoms with Gasteiger partial charge in [-0.3, -0.25) is 19.8 Å². The number of rotatable bonds is 4. The van der Waals surface area contributed by atoms with Gasteiger partial charge in [-0.25, -0.2) is 4.98 Å². The number of aryl methyl sites for hydroxylation is 1. The van der Waals surface area contributed by atoms with Gasteiger partial charge in [0.15, 0.2) is 5.82 Å². The molecule has 0 aliphatic carbocycles. The molecule has 2 rings (SSSR count). The number of nitro groups is 1. The summed E-state index contributed by atoms with van der Waals surface area (Å²) in [6.07, 6.45) is 4.26. The lowest BCUT2D eigenvalue weighted by atomic mass is 10.3. The summed E-state index contributed by atoms with van der Waals surface area (Å²) in [6.45, 7) is 0.325. The number of hydrogen-bond donors (Lipinski definition) is 1. The van der Waals surface area contributed by atoms with Gasteiger partial charge in [0.25, 0.3) is 0 Å². The van der Waals surface area contributed by atoms with E-state index in [-0.39, 0.29) is 5.69 Å². The molecule has 88 valence electrons. The molecule has 2 aromatic rings. The van der Waals surface area contributed by atoms with E-state index in [4.69, 9.17) is 0 Å². The van der Waals surface area contributed by atoms with Gasteiger partial charge < -0.3 is 5.32 Å². The molecule has 0 amide bonds. The van der Waals surface area contributed by atoms with Gasteiger partial charge in [-0.05, 0) is 6.07 Å². The molecule has 0 radical (unpaired) electrons. The number of nitrogens with one attached hydrogen (secondary N) is 1. The molecule has 0 saturated carbocycles. The summed E-state index contributed by atoms with van der Waals surface area (Å²) < 4.78 is 1.57. The summed E-state index contributed by atoms with van der Waals surface area (Å²) in [7, 11) is 1.76. The lowest BCUT2D eigenvalue weighted by molar-refractivity contribution is -0.384. The van der Waals surface area contributed by atoms with Crippen LogP contribution in [0.3, 0.4) is 0 Å². The fourth-order valence-corrected chi connectivity index (χ4v) is 1.32. The van der Waals surface area contributed by atoms with Crippen molar-refractivity contribution in [3.8, 4) is 0 Å². The Morgan fingerprint density at radius 2 is 2.41 bits per heavy atom. The maximum absolute atomic E-state index is 10.7. The van der Waals surface area contributed by atoms with Crippen molar-refractivity contribution in [3.63, 3.8) is 0 Å². The summed E-state index contributed by atoms with van der Waals surface area (Å²) >= 11 is 0. The van der Waals surface area contributed by atoms with Gasteiger partial charge in [-0.1, -0.05) is 0 Å². The highest BCUT2D eigenvalue weighted by atomic mass is 16.6. The SMILES string of the molecule is Cn1cnc(CNc2ccncc2[N+](=O)[O-])n1. The molecule has 1 N–H and O–H groups in total. The van der Waals surface area contributed by atoms with Gasteiger partial charge in [0, 0.05) is 13.2 Å². The van der Waals surface area contributed by atoms with Crippen molar-refractivity contribution in [2.24, 2.45) is 7.05 Å². The lowest BCUT2D eigenvalue weighted by Crippen LogP contribution is -2.04. The van der Waals surface area contributed by atoms with Crippen LogP contribution >= 0.6 is 0 Å². The standard InChI is InChI=1S/C9H10N6O2/c1-14-6-12-9(13-14)5-11-7-2-3-10-4-8(7)15(16)17/h2-4,6H,5H2,1H3,(H,10,11). The summed E-state index contributed by atoms with van der Waals surface area (Å²) in [5.41, 5.74) is 0.334. The van der Waals surface area contributed by atoms with Crippen LogP contribution in [0.25, 0.3) is 0 Å². The quantitative estimate of drug-likeness (QED) is 0.618. The molecular weight excluding hydrogens is 224 g/mol. The zero-order chi connectivity index (χ0) is 12.3. The van der Waals surface area contributed by atoms with Gasteiger partial charge in [-0.2, -0.15) is 5.10 Å². The topological polar surface area (TPSA) is 98.8 Å². The first-order valence-electron chi connectivity index (χ1n) is 4.83. The van der Waals surface area contributed by atoms with Crippen molar-refractivity contribution in [1.29, 1.82) is 0 Å². The molecule has 2 aromatic heterocycles. The molecular formula is C9H10N6O2. The largest absolute Gasteiger partial charge is 0.372 e. The Kier molecular flexibility index (Phi) is 2.95. The Morgan fingerprint density at radius 3 is 3.06 bits per heavy atom. The van der Waals surface area contributed by atoms with E-state index < -0.39 is 4.92 Å². The number of anilines is 1. The van der Waals surface area contributed by atoms with E-state index in [0.29, 0.717) is 18.1 Å². The molecule has 0 aromatic carbocycles. The minimum absolute atomic E-state index is 0.0663. The second-order valence-electron chi connectivity index (χ2n) is 3.34. The molecule has 0 fully saturated rings. The van der Waals surface area contributed by atoms with Crippen molar-refractivity contribution < 1.29 is 4.92 Å². The summed E-state index contributed by atoms with van der Waals surface area (Å²) in [6, 6.07) is 1.54. The van der Waals surface area contributed by atoms with Crippen LogP contribution in [-0.4, -0.2) is 24.7 Å². The molecule has 0 aliphatic rings. The fraction of sp³-hybridized carbons (Fsp3) is 0.222. The third-order valence-corrected chi connectivity index (χ3v) is 2.08. The third-order valence-electron chi connectivity index (χ3n) is 2.08. The average Bonchev–Trinajstić information content (AvgIpc) is 2.73. The highest BCUT2D eigenvalue weighted by molar-refractivity contribution is 5.59. The number of aromatic nitrogens is 4. The van der Waals surface area contributed by atoms with Crippen molar-refractivity contribution >= 4 is 11.4 Å². The van der Waals surface area contributed by atoms with Crippen LogP contribution in [0, 0.1) is 10.1 Å². The van der Waals surface area contributed by atoms with E-state index in [9.17, 15) is 10.1 Å². The predicted molar refractivity (Wildman–Crippen MR) is 59.2 cm³/mol. The molecule has 0 saturated heterocycles. The van der Waals surface area contributed by atoms with Crippen LogP contribution in [0.15, 0.2) is 24.8 Å². The van der Waals surface area contributed by atoms with Crippen LogP contribution in [0.1, 0.15) is 5.82 Å². The van der Waals surface area contributed by atoms with Crippen molar-refractivity contribution in [1.82, 2.24) is 19.7 Å². The Bertz CT molecular complexity index is 538. The van der Waals surface area contributed by atoms with Crippen LogP contribution in [0.2, 0.25) is 0 Å². The summed E-state index contributed by atoms with van der Waals surface area (Å²) in [4.78, 5) is 18.0. The third kappa shape index (κ3) is 2.54. The average molecular weight is 234 g/mol. The Balaban J connectivity index is 2.11. The van der Waals surface area contributed by atoms with E-state index in [1.807, 2.05) is 0 Å². The predicted octanol–water partition coefficient (Wildman–Crippen LogP) is 0.730. The molecule has 8 nitrogen and oxygen atoms in total. The van der Waals surface area contributed by atoms with Crippen LogP contribution in [0.5, 0.6) is 0 Å². The van der Waals surface area contributed by atoms with Crippen LogP contribution in [0.4, 0.5) is 11.4 Å². The molecule has 17 heavy (non-hydrogen) atoms. The molecule has 0 aliphatic heterocycles. The fourth-order valence-electron chi connectivity index (χ4n) is 1.32. The number of nitrogens with zero attached hydrogens (tertiary/aromatic N) is 5. The molecule has 0 spiro atoms.